The van der Waals surface area contributed by atoms with Crippen molar-refractivity contribution in [1.82, 2.24) is 0 Å². The molecule has 1 aromatic rings. The Bertz CT molecular complexity index is 304. The number of thioether (sulfide) groups is 1. The lowest BCUT2D eigenvalue weighted by atomic mass is 10.2. The quantitative estimate of drug-likeness (QED) is 0.585. The molecule has 0 heterocycles. The van der Waals surface area contributed by atoms with Crippen LogP contribution in [-0.2, 0) is 0 Å². The standard InChI is InChI=1S/C10H13FOS/c1-7-6-8(4-5-9(7)11)13-10(2,3)12/h4-6,12H,1-3H3. The van der Waals surface area contributed by atoms with Crippen LogP contribution in [0.5, 0.6) is 0 Å². The summed E-state index contributed by atoms with van der Waals surface area (Å²) in [6, 6.07) is 4.83. The van der Waals surface area contributed by atoms with Crippen LogP contribution in [0.2, 0.25) is 0 Å². The summed E-state index contributed by atoms with van der Waals surface area (Å²) in [6.45, 7) is 5.12. The van der Waals surface area contributed by atoms with Crippen LogP contribution in [0, 0.1) is 12.7 Å². The van der Waals surface area contributed by atoms with Gasteiger partial charge in [-0.05, 0) is 44.5 Å². The van der Waals surface area contributed by atoms with Gasteiger partial charge in [0.2, 0.25) is 0 Å². The van der Waals surface area contributed by atoms with Gasteiger partial charge in [-0.25, -0.2) is 4.39 Å². The van der Waals surface area contributed by atoms with Crippen LogP contribution in [0.3, 0.4) is 0 Å². The fourth-order valence-corrected chi connectivity index (χ4v) is 1.92. The van der Waals surface area contributed by atoms with Crippen LogP contribution in [0.25, 0.3) is 0 Å². The fraction of sp³-hybridized carbons (Fsp3) is 0.400. The third-order valence-corrected chi connectivity index (χ3v) is 2.49. The number of halogens is 1. The lowest BCUT2D eigenvalue weighted by Gasteiger charge is -2.16. The number of aryl methyl sites for hydroxylation is 1. The molecule has 0 aliphatic carbocycles. The number of hydrogen-bond donors (Lipinski definition) is 1. The average molecular weight is 200 g/mol. The second kappa shape index (κ2) is 3.68. The lowest BCUT2D eigenvalue weighted by Crippen LogP contribution is -2.11. The minimum Gasteiger partial charge on any atom is -0.380 e. The molecule has 0 bridgehead atoms. The Balaban J connectivity index is 2.86. The van der Waals surface area contributed by atoms with E-state index in [4.69, 9.17) is 0 Å². The van der Waals surface area contributed by atoms with E-state index in [2.05, 4.69) is 0 Å². The van der Waals surface area contributed by atoms with Crippen molar-refractivity contribution in [1.29, 1.82) is 0 Å². The van der Waals surface area contributed by atoms with Gasteiger partial charge in [-0.15, -0.1) is 0 Å². The van der Waals surface area contributed by atoms with Crippen molar-refractivity contribution in [3.8, 4) is 0 Å². The van der Waals surface area contributed by atoms with E-state index in [1.165, 1.54) is 17.8 Å². The van der Waals surface area contributed by atoms with E-state index in [9.17, 15) is 9.50 Å². The van der Waals surface area contributed by atoms with Gasteiger partial charge in [0.15, 0.2) is 0 Å². The molecule has 0 aliphatic heterocycles. The Hall–Kier alpha value is -0.540. The van der Waals surface area contributed by atoms with Gasteiger partial charge in [0, 0.05) is 4.90 Å². The van der Waals surface area contributed by atoms with Crippen molar-refractivity contribution < 1.29 is 9.50 Å². The summed E-state index contributed by atoms with van der Waals surface area (Å²) in [6.07, 6.45) is 0. The van der Waals surface area contributed by atoms with Crippen molar-refractivity contribution in [2.75, 3.05) is 0 Å². The molecule has 0 unspecified atom stereocenters. The Morgan fingerprint density at radius 2 is 2.00 bits per heavy atom. The van der Waals surface area contributed by atoms with Crippen LogP contribution in [0.4, 0.5) is 4.39 Å². The van der Waals surface area contributed by atoms with Gasteiger partial charge in [0.1, 0.15) is 10.8 Å². The Morgan fingerprint density at radius 1 is 1.38 bits per heavy atom. The van der Waals surface area contributed by atoms with Crippen LogP contribution < -0.4 is 0 Å². The Labute approximate surface area is 82.0 Å². The van der Waals surface area contributed by atoms with E-state index in [0.717, 1.165) is 4.90 Å². The molecule has 0 amide bonds. The predicted molar refractivity (Wildman–Crippen MR) is 53.3 cm³/mol. The van der Waals surface area contributed by atoms with Crippen molar-refractivity contribution in [2.24, 2.45) is 0 Å². The first-order valence-electron chi connectivity index (χ1n) is 4.06. The molecular weight excluding hydrogens is 187 g/mol. The highest BCUT2D eigenvalue weighted by molar-refractivity contribution is 8.00. The van der Waals surface area contributed by atoms with Gasteiger partial charge in [-0.1, -0.05) is 11.8 Å². The molecule has 1 rings (SSSR count). The SMILES string of the molecule is Cc1cc(SC(C)(C)O)ccc1F. The van der Waals surface area contributed by atoms with Gasteiger partial charge in [-0.2, -0.15) is 0 Å². The first-order chi connectivity index (χ1) is 5.88. The minimum absolute atomic E-state index is 0.208. The highest BCUT2D eigenvalue weighted by Crippen LogP contribution is 2.30. The summed E-state index contributed by atoms with van der Waals surface area (Å²) < 4.78 is 12.9. The van der Waals surface area contributed by atoms with Crippen molar-refractivity contribution in [3.63, 3.8) is 0 Å². The Kier molecular flexibility index (Phi) is 2.98. The van der Waals surface area contributed by atoms with E-state index < -0.39 is 4.93 Å². The summed E-state index contributed by atoms with van der Waals surface area (Å²) in [4.78, 5) is 0.0657. The molecule has 72 valence electrons. The molecular formula is C10H13FOS. The number of hydrogen-bond acceptors (Lipinski definition) is 2. The largest absolute Gasteiger partial charge is 0.380 e. The monoisotopic (exact) mass is 200 g/mol. The number of rotatable bonds is 2. The molecule has 0 aromatic heterocycles. The third kappa shape index (κ3) is 3.36. The van der Waals surface area contributed by atoms with Crippen molar-refractivity contribution in [2.45, 2.75) is 30.6 Å². The van der Waals surface area contributed by atoms with E-state index in [1.807, 2.05) is 0 Å². The zero-order chi connectivity index (χ0) is 10.1. The molecule has 0 saturated heterocycles. The fourth-order valence-electron chi connectivity index (χ4n) is 0.969. The molecule has 0 saturated carbocycles. The highest BCUT2D eigenvalue weighted by Gasteiger charge is 2.14. The zero-order valence-electron chi connectivity index (χ0n) is 7.97. The molecule has 0 radical (unpaired) electrons. The average Bonchev–Trinajstić information content (AvgIpc) is 1.94. The zero-order valence-corrected chi connectivity index (χ0v) is 8.78. The summed E-state index contributed by atoms with van der Waals surface area (Å²) in [5, 5.41) is 9.50. The smallest absolute Gasteiger partial charge is 0.126 e. The van der Waals surface area contributed by atoms with Crippen LogP contribution in [-0.4, -0.2) is 10.0 Å². The van der Waals surface area contributed by atoms with Gasteiger partial charge < -0.3 is 5.11 Å². The third-order valence-electron chi connectivity index (χ3n) is 1.50. The second-order valence-electron chi connectivity index (χ2n) is 3.46. The van der Waals surface area contributed by atoms with E-state index >= 15 is 0 Å². The predicted octanol–water partition coefficient (Wildman–Crippen LogP) is 2.95. The van der Waals surface area contributed by atoms with Crippen LogP contribution in [0.15, 0.2) is 23.1 Å². The maximum Gasteiger partial charge on any atom is 0.126 e. The van der Waals surface area contributed by atoms with Crippen molar-refractivity contribution in [3.05, 3.63) is 29.6 Å². The molecule has 3 heteroatoms. The molecule has 13 heavy (non-hydrogen) atoms. The normalized spacial score (nSPS) is 11.8. The summed E-state index contributed by atoms with van der Waals surface area (Å²) in [5.74, 6) is -0.208. The summed E-state index contributed by atoms with van der Waals surface area (Å²) in [5.41, 5.74) is 0.606. The van der Waals surface area contributed by atoms with Gasteiger partial charge in [0.25, 0.3) is 0 Å². The summed E-state index contributed by atoms with van der Waals surface area (Å²) in [7, 11) is 0. The molecule has 1 nitrogen and oxygen atoms in total. The van der Waals surface area contributed by atoms with E-state index in [1.54, 1.807) is 32.9 Å². The van der Waals surface area contributed by atoms with E-state index in [-0.39, 0.29) is 5.82 Å². The van der Waals surface area contributed by atoms with Crippen LogP contribution >= 0.6 is 11.8 Å². The van der Waals surface area contributed by atoms with E-state index in [0.29, 0.717) is 5.56 Å². The lowest BCUT2D eigenvalue weighted by molar-refractivity contribution is 0.179. The second-order valence-corrected chi connectivity index (χ2v) is 5.13. The van der Waals surface area contributed by atoms with Crippen LogP contribution in [0.1, 0.15) is 19.4 Å². The summed E-state index contributed by atoms with van der Waals surface area (Å²) >= 11 is 1.31. The molecule has 1 aromatic carbocycles. The van der Waals surface area contributed by atoms with Gasteiger partial charge in [0.05, 0.1) is 0 Å². The van der Waals surface area contributed by atoms with Gasteiger partial charge in [-0.3, -0.25) is 0 Å². The maximum atomic E-state index is 12.9. The number of aliphatic hydroxyl groups is 1. The topological polar surface area (TPSA) is 20.2 Å². The number of benzene rings is 1. The highest BCUT2D eigenvalue weighted by atomic mass is 32.2. The molecule has 1 N–H and O–H groups in total. The molecule has 0 aliphatic rings. The first kappa shape index (κ1) is 10.5. The van der Waals surface area contributed by atoms with Crippen molar-refractivity contribution >= 4 is 11.8 Å². The Morgan fingerprint density at radius 3 is 2.46 bits per heavy atom. The van der Waals surface area contributed by atoms with Gasteiger partial charge >= 0.3 is 0 Å². The molecule has 0 atom stereocenters. The first-order valence-corrected chi connectivity index (χ1v) is 4.88. The molecule has 0 fully saturated rings. The maximum absolute atomic E-state index is 12.9. The minimum atomic E-state index is -0.815. The molecule has 0 spiro atoms.